The molecule has 1 aromatic carbocycles. The highest BCUT2D eigenvalue weighted by Gasteiger charge is 2.04. The van der Waals surface area contributed by atoms with E-state index in [1.807, 2.05) is 18.2 Å². The standard InChI is InChI=1S/C14H21N5O/c1-19(7-8-20-2)6-5-16-14-12-4-3-11(15)9-13(12)17-10-18-14/h3-4,9-10H,5-8,15H2,1-2H3,(H,16,17,18). The van der Waals surface area contributed by atoms with Crippen molar-refractivity contribution in [1.29, 1.82) is 0 Å². The van der Waals surface area contributed by atoms with Gasteiger partial charge in [0, 0.05) is 37.8 Å². The zero-order valence-corrected chi connectivity index (χ0v) is 12.0. The van der Waals surface area contributed by atoms with Crippen LogP contribution in [0.3, 0.4) is 0 Å². The van der Waals surface area contributed by atoms with Gasteiger partial charge in [0.25, 0.3) is 0 Å². The van der Waals surface area contributed by atoms with Gasteiger partial charge in [-0.25, -0.2) is 9.97 Å². The number of nitrogens with zero attached hydrogens (tertiary/aromatic N) is 3. The second-order valence-electron chi connectivity index (χ2n) is 4.72. The number of aromatic nitrogens is 2. The number of likely N-dealkylation sites (N-methyl/N-ethyl adjacent to an activating group) is 1. The molecule has 0 aliphatic rings. The molecule has 0 saturated heterocycles. The highest BCUT2D eigenvalue weighted by Crippen LogP contribution is 2.20. The van der Waals surface area contributed by atoms with Gasteiger partial charge in [-0.05, 0) is 25.2 Å². The lowest BCUT2D eigenvalue weighted by atomic mass is 10.2. The average molecular weight is 275 g/mol. The fourth-order valence-corrected chi connectivity index (χ4v) is 1.94. The van der Waals surface area contributed by atoms with Crippen LogP contribution in [0, 0.1) is 0 Å². The summed E-state index contributed by atoms with van der Waals surface area (Å²) in [6.45, 7) is 3.39. The van der Waals surface area contributed by atoms with Crippen molar-refractivity contribution in [2.24, 2.45) is 0 Å². The SMILES string of the molecule is COCCN(C)CCNc1ncnc2cc(N)ccc12. The third-order valence-corrected chi connectivity index (χ3v) is 3.12. The van der Waals surface area contributed by atoms with Crippen LogP contribution < -0.4 is 11.1 Å². The predicted molar refractivity (Wildman–Crippen MR) is 81.8 cm³/mol. The Morgan fingerprint density at radius 1 is 1.30 bits per heavy atom. The normalized spacial score (nSPS) is 11.2. The lowest BCUT2D eigenvalue weighted by Gasteiger charge is -2.16. The van der Waals surface area contributed by atoms with E-state index in [2.05, 4.69) is 27.2 Å². The molecule has 0 aliphatic heterocycles. The van der Waals surface area contributed by atoms with E-state index in [9.17, 15) is 0 Å². The fourth-order valence-electron chi connectivity index (χ4n) is 1.94. The number of nitrogens with one attached hydrogen (secondary N) is 1. The Morgan fingerprint density at radius 3 is 2.95 bits per heavy atom. The molecular weight excluding hydrogens is 254 g/mol. The van der Waals surface area contributed by atoms with Gasteiger partial charge in [-0.3, -0.25) is 0 Å². The Kier molecular flexibility index (Phi) is 5.09. The molecular formula is C14H21N5O. The second kappa shape index (κ2) is 7.02. The molecule has 0 spiro atoms. The number of hydrogen-bond donors (Lipinski definition) is 2. The van der Waals surface area contributed by atoms with Crippen LogP contribution in [0.2, 0.25) is 0 Å². The summed E-state index contributed by atoms with van der Waals surface area (Å²) < 4.78 is 5.05. The van der Waals surface area contributed by atoms with Crippen molar-refractivity contribution >= 4 is 22.4 Å². The molecule has 0 aliphatic carbocycles. The summed E-state index contributed by atoms with van der Waals surface area (Å²) in [5, 5.41) is 4.33. The maximum Gasteiger partial charge on any atom is 0.137 e. The van der Waals surface area contributed by atoms with Crippen LogP contribution in [0.4, 0.5) is 11.5 Å². The van der Waals surface area contributed by atoms with Crippen molar-refractivity contribution in [3.05, 3.63) is 24.5 Å². The smallest absolute Gasteiger partial charge is 0.137 e. The molecule has 0 bridgehead atoms. The minimum atomic E-state index is 0.710. The average Bonchev–Trinajstić information content (AvgIpc) is 2.45. The summed E-state index contributed by atoms with van der Waals surface area (Å²) >= 11 is 0. The molecule has 0 fully saturated rings. The van der Waals surface area contributed by atoms with Crippen molar-refractivity contribution in [3.8, 4) is 0 Å². The topological polar surface area (TPSA) is 76.3 Å². The summed E-state index contributed by atoms with van der Waals surface area (Å²) in [6.07, 6.45) is 1.55. The van der Waals surface area contributed by atoms with Gasteiger partial charge in [0.2, 0.25) is 0 Å². The maximum absolute atomic E-state index is 5.76. The van der Waals surface area contributed by atoms with E-state index in [-0.39, 0.29) is 0 Å². The van der Waals surface area contributed by atoms with E-state index in [4.69, 9.17) is 10.5 Å². The minimum Gasteiger partial charge on any atom is -0.399 e. The van der Waals surface area contributed by atoms with Gasteiger partial charge in [-0.1, -0.05) is 0 Å². The van der Waals surface area contributed by atoms with Gasteiger partial charge < -0.3 is 20.7 Å². The van der Waals surface area contributed by atoms with Gasteiger partial charge in [-0.15, -0.1) is 0 Å². The summed E-state index contributed by atoms with van der Waals surface area (Å²) in [5.41, 5.74) is 7.33. The Morgan fingerprint density at radius 2 is 2.15 bits per heavy atom. The van der Waals surface area contributed by atoms with Gasteiger partial charge in [0.05, 0.1) is 12.1 Å². The summed E-state index contributed by atoms with van der Waals surface area (Å²) in [6, 6.07) is 5.66. The number of benzene rings is 1. The predicted octanol–water partition coefficient (Wildman–Crippen LogP) is 1.20. The van der Waals surface area contributed by atoms with Crippen molar-refractivity contribution < 1.29 is 4.74 Å². The lowest BCUT2D eigenvalue weighted by molar-refractivity contribution is 0.163. The molecule has 0 atom stereocenters. The monoisotopic (exact) mass is 275 g/mol. The highest BCUT2D eigenvalue weighted by atomic mass is 16.5. The van der Waals surface area contributed by atoms with Crippen molar-refractivity contribution in [1.82, 2.24) is 14.9 Å². The Balaban J connectivity index is 1.96. The number of methoxy groups -OCH3 is 1. The number of hydrogen-bond acceptors (Lipinski definition) is 6. The first-order chi connectivity index (χ1) is 9.70. The quantitative estimate of drug-likeness (QED) is 0.740. The minimum absolute atomic E-state index is 0.710. The van der Waals surface area contributed by atoms with Crippen LogP contribution in [-0.2, 0) is 4.74 Å². The summed E-state index contributed by atoms with van der Waals surface area (Å²) in [7, 11) is 3.78. The molecule has 108 valence electrons. The second-order valence-corrected chi connectivity index (χ2v) is 4.72. The van der Waals surface area contributed by atoms with Gasteiger partial charge in [0.1, 0.15) is 12.1 Å². The Labute approximate surface area is 119 Å². The number of rotatable bonds is 7. The number of anilines is 2. The number of nitrogen functional groups attached to an aromatic ring is 1. The lowest BCUT2D eigenvalue weighted by Crippen LogP contribution is -2.28. The first-order valence-corrected chi connectivity index (χ1v) is 6.62. The van der Waals surface area contributed by atoms with E-state index in [0.717, 1.165) is 43.0 Å². The summed E-state index contributed by atoms with van der Waals surface area (Å²) in [5.74, 6) is 0.843. The molecule has 6 nitrogen and oxygen atoms in total. The van der Waals surface area contributed by atoms with Crippen LogP contribution in [0.5, 0.6) is 0 Å². The Bertz CT molecular complexity index is 560. The molecule has 1 aromatic heterocycles. The van der Waals surface area contributed by atoms with Gasteiger partial charge >= 0.3 is 0 Å². The van der Waals surface area contributed by atoms with E-state index in [0.29, 0.717) is 5.69 Å². The van der Waals surface area contributed by atoms with E-state index in [1.165, 1.54) is 0 Å². The van der Waals surface area contributed by atoms with Gasteiger partial charge in [0.15, 0.2) is 0 Å². The molecule has 0 amide bonds. The zero-order chi connectivity index (χ0) is 14.4. The van der Waals surface area contributed by atoms with Crippen molar-refractivity contribution in [2.75, 3.05) is 51.4 Å². The number of ether oxygens (including phenoxy) is 1. The molecule has 0 saturated carbocycles. The molecule has 6 heteroatoms. The first-order valence-electron chi connectivity index (χ1n) is 6.62. The first kappa shape index (κ1) is 14.5. The van der Waals surface area contributed by atoms with E-state index >= 15 is 0 Å². The van der Waals surface area contributed by atoms with Crippen LogP contribution >= 0.6 is 0 Å². The van der Waals surface area contributed by atoms with Crippen LogP contribution in [0.25, 0.3) is 10.9 Å². The largest absolute Gasteiger partial charge is 0.399 e. The number of fused-ring (bicyclic) bond motifs is 1. The molecule has 3 N–H and O–H groups in total. The molecule has 0 unspecified atom stereocenters. The molecule has 2 rings (SSSR count). The Hall–Kier alpha value is -1.92. The van der Waals surface area contributed by atoms with Crippen LogP contribution in [0.15, 0.2) is 24.5 Å². The fraction of sp³-hybridized carbons (Fsp3) is 0.429. The molecule has 0 radical (unpaired) electrons. The van der Waals surface area contributed by atoms with Crippen molar-refractivity contribution in [2.45, 2.75) is 0 Å². The zero-order valence-electron chi connectivity index (χ0n) is 12.0. The number of nitrogens with two attached hydrogens (primary N) is 1. The van der Waals surface area contributed by atoms with Crippen LogP contribution in [-0.4, -0.2) is 55.3 Å². The maximum atomic E-state index is 5.76. The summed E-state index contributed by atoms with van der Waals surface area (Å²) in [4.78, 5) is 10.7. The van der Waals surface area contributed by atoms with Gasteiger partial charge in [-0.2, -0.15) is 0 Å². The van der Waals surface area contributed by atoms with Crippen molar-refractivity contribution in [3.63, 3.8) is 0 Å². The molecule has 1 heterocycles. The van der Waals surface area contributed by atoms with E-state index < -0.39 is 0 Å². The van der Waals surface area contributed by atoms with E-state index in [1.54, 1.807) is 13.4 Å². The molecule has 20 heavy (non-hydrogen) atoms. The highest BCUT2D eigenvalue weighted by molar-refractivity contribution is 5.90. The third kappa shape index (κ3) is 3.79. The third-order valence-electron chi connectivity index (χ3n) is 3.12. The van der Waals surface area contributed by atoms with Crippen LogP contribution in [0.1, 0.15) is 0 Å². The molecule has 2 aromatic rings.